The van der Waals surface area contributed by atoms with Crippen LogP contribution in [0.5, 0.6) is 0 Å². The smallest absolute Gasteiger partial charge is 0.0716 e. The van der Waals surface area contributed by atoms with E-state index in [0.717, 1.165) is 6.42 Å². The van der Waals surface area contributed by atoms with E-state index < -0.39 is 0 Å². The molecule has 0 radical (unpaired) electrons. The van der Waals surface area contributed by atoms with Gasteiger partial charge in [0, 0.05) is 0 Å². The number of aliphatic hydroxyl groups is 1. The van der Waals surface area contributed by atoms with E-state index in [1.807, 2.05) is 0 Å². The maximum Gasteiger partial charge on any atom is 0.0716 e. The van der Waals surface area contributed by atoms with Gasteiger partial charge in [-0.25, -0.2) is 0 Å². The summed E-state index contributed by atoms with van der Waals surface area (Å²) < 4.78 is 0. The van der Waals surface area contributed by atoms with Gasteiger partial charge in [0.1, 0.15) is 0 Å². The summed E-state index contributed by atoms with van der Waals surface area (Å²) in [4.78, 5) is 0. The zero-order valence-corrected chi connectivity index (χ0v) is 8.43. The highest BCUT2D eigenvalue weighted by atomic mass is 16.3. The van der Waals surface area contributed by atoms with Crippen LogP contribution in [-0.2, 0) is 0 Å². The fourth-order valence-corrected chi connectivity index (χ4v) is 3.16. The van der Waals surface area contributed by atoms with Crippen LogP contribution in [0.15, 0.2) is 0 Å². The molecule has 1 heteroatoms. The van der Waals surface area contributed by atoms with Gasteiger partial charge in [0.05, 0.1) is 5.60 Å². The van der Waals surface area contributed by atoms with Gasteiger partial charge in [-0.05, 0) is 36.5 Å². The van der Waals surface area contributed by atoms with Crippen LogP contribution in [0.2, 0.25) is 0 Å². The van der Waals surface area contributed by atoms with Gasteiger partial charge >= 0.3 is 0 Å². The van der Waals surface area contributed by atoms with Gasteiger partial charge in [0.2, 0.25) is 0 Å². The van der Waals surface area contributed by atoms with Crippen LogP contribution in [0.4, 0.5) is 0 Å². The average Bonchev–Trinajstić information content (AvgIpc) is 2.33. The van der Waals surface area contributed by atoms with Gasteiger partial charge in [0.25, 0.3) is 0 Å². The lowest BCUT2D eigenvalue weighted by Gasteiger charge is -2.24. The third-order valence-electron chi connectivity index (χ3n) is 3.50. The molecular weight excluding hydrogens is 148 g/mol. The number of fused-ring (bicyclic) bond motifs is 1. The Bertz CT molecular complexity index is 180. The van der Waals surface area contributed by atoms with Gasteiger partial charge in [-0.15, -0.1) is 0 Å². The molecule has 0 aliphatic heterocycles. The second-order valence-corrected chi connectivity index (χ2v) is 5.87. The van der Waals surface area contributed by atoms with Crippen LogP contribution in [0.1, 0.15) is 46.5 Å². The van der Waals surface area contributed by atoms with E-state index in [1.54, 1.807) is 0 Å². The molecule has 0 heterocycles. The van der Waals surface area contributed by atoms with Crippen molar-refractivity contribution < 1.29 is 5.11 Å². The standard InChI is InChI=1S/C11H20O/c1-10(2,3)7-11(12)8-5-4-6-9(8)11/h8-9,12H,4-7H2,1-3H3. The summed E-state index contributed by atoms with van der Waals surface area (Å²) >= 11 is 0. The molecule has 0 aromatic heterocycles. The maximum atomic E-state index is 10.2. The Hall–Kier alpha value is -0.0400. The molecule has 0 spiro atoms. The fraction of sp³-hybridized carbons (Fsp3) is 1.00. The van der Waals surface area contributed by atoms with Gasteiger partial charge in [-0.3, -0.25) is 0 Å². The van der Waals surface area contributed by atoms with Crippen LogP contribution in [-0.4, -0.2) is 10.7 Å². The number of rotatable bonds is 1. The molecule has 0 aromatic carbocycles. The molecule has 0 aromatic rings. The van der Waals surface area contributed by atoms with E-state index in [4.69, 9.17) is 0 Å². The lowest BCUT2D eigenvalue weighted by molar-refractivity contribution is 0.0612. The van der Waals surface area contributed by atoms with Crippen molar-refractivity contribution in [2.45, 2.75) is 52.1 Å². The molecule has 12 heavy (non-hydrogen) atoms. The van der Waals surface area contributed by atoms with E-state index >= 15 is 0 Å². The molecule has 2 unspecified atom stereocenters. The SMILES string of the molecule is CC(C)(C)CC1(O)C2CCCC21. The highest BCUT2D eigenvalue weighted by Crippen LogP contribution is 2.64. The second kappa shape index (κ2) is 2.25. The number of hydrogen-bond donors (Lipinski definition) is 1. The Morgan fingerprint density at radius 3 is 2.17 bits per heavy atom. The summed E-state index contributed by atoms with van der Waals surface area (Å²) in [5, 5.41) is 10.2. The van der Waals surface area contributed by atoms with Crippen LogP contribution >= 0.6 is 0 Å². The summed E-state index contributed by atoms with van der Waals surface area (Å²) in [5.41, 5.74) is 0.0373. The Morgan fingerprint density at radius 2 is 1.75 bits per heavy atom. The molecular formula is C11H20O. The summed E-state index contributed by atoms with van der Waals surface area (Å²) in [6.07, 6.45) is 4.89. The van der Waals surface area contributed by atoms with Crippen molar-refractivity contribution in [3.63, 3.8) is 0 Å². The molecule has 2 aliphatic rings. The molecule has 70 valence electrons. The van der Waals surface area contributed by atoms with Crippen molar-refractivity contribution in [3.05, 3.63) is 0 Å². The summed E-state index contributed by atoms with van der Waals surface area (Å²) in [6.45, 7) is 6.66. The summed E-state index contributed by atoms with van der Waals surface area (Å²) in [5.74, 6) is 1.33. The first-order chi connectivity index (χ1) is 5.43. The third-order valence-corrected chi connectivity index (χ3v) is 3.50. The Labute approximate surface area is 75.2 Å². The minimum absolute atomic E-state index is 0.253. The Balaban J connectivity index is 1.98. The van der Waals surface area contributed by atoms with E-state index in [2.05, 4.69) is 20.8 Å². The first kappa shape index (κ1) is 8.55. The lowest BCUT2D eigenvalue weighted by atomic mass is 9.85. The first-order valence-electron chi connectivity index (χ1n) is 5.16. The van der Waals surface area contributed by atoms with E-state index in [0.29, 0.717) is 17.3 Å². The molecule has 1 N–H and O–H groups in total. The summed E-state index contributed by atoms with van der Waals surface area (Å²) in [7, 11) is 0. The number of hydrogen-bond acceptors (Lipinski definition) is 1. The van der Waals surface area contributed by atoms with Crippen molar-refractivity contribution in [2.75, 3.05) is 0 Å². The monoisotopic (exact) mass is 168 g/mol. The highest BCUT2D eigenvalue weighted by molar-refractivity contribution is 5.15. The minimum Gasteiger partial charge on any atom is -0.389 e. The van der Waals surface area contributed by atoms with Crippen LogP contribution in [0.3, 0.4) is 0 Å². The first-order valence-corrected chi connectivity index (χ1v) is 5.16. The van der Waals surface area contributed by atoms with Crippen molar-refractivity contribution >= 4 is 0 Å². The van der Waals surface area contributed by atoms with Crippen LogP contribution < -0.4 is 0 Å². The molecule has 2 saturated carbocycles. The molecule has 0 bridgehead atoms. The molecule has 2 fully saturated rings. The van der Waals surface area contributed by atoms with Crippen LogP contribution in [0.25, 0.3) is 0 Å². The Morgan fingerprint density at radius 1 is 1.25 bits per heavy atom. The zero-order valence-electron chi connectivity index (χ0n) is 8.43. The van der Waals surface area contributed by atoms with Gasteiger partial charge in [-0.1, -0.05) is 27.2 Å². The van der Waals surface area contributed by atoms with Crippen molar-refractivity contribution in [3.8, 4) is 0 Å². The molecule has 0 amide bonds. The molecule has 2 rings (SSSR count). The third kappa shape index (κ3) is 1.19. The van der Waals surface area contributed by atoms with Gasteiger partial charge < -0.3 is 5.11 Å². The average molecular weight is 168 g/mol. The molecule has 1 nitrogen and oxygen atoms in total. The minimum atomic E-state index is -0.253. The van der Waals surface area contributed by atoms with Crippen molar-refractivity contribution in [2.24, 2.45) is 17.3 Å². The Kier molecular flexibility index (Phi) is 1.61. The fourth-order valence-electron chi connectivity index (χ4n) is 3.16. The topological polar surface area (TPSA) is 20.2 Å². The predicted molar refractivity (Wildman–Crippen MR) is 49.9 cm³/mol. The second-order valence-electron chi connectivity index (χ2n) is 5.87. The lowest BCUT2D eigenvalue weighted by Crippen LogP contribution is -2.23. The largest absolute Gasteiger partial charge is 0.389 e. The van der Waals surface area contributed by atoms with E-state index in [9.17, 15) is 5.11 Å². The molecule has 0 saturated heterocycles. The molecule has 2 aliphatic carbocycles. The van der Waals surface area contributed by atoms with Crippen LogP contribution in [0, 0.1) is 17.3 Å². The van der Waals surface area contributed by atoms with Crippen molar-refractivity contribution in [1.82, 2.24) is 0 Å². The summed E-state index contributed by atoms with van der Waals surface area (Å²) in [6, 6.07) is 0. The van der Waals surface area contributed by atoms with Gasteiger partial charge in [-0.2, -0.15) is 0 Å². The van der Waals surface area contributed by atoms with Crippen molar-refractivity contribution in [1.29, 1.82) is 0 Å². The normalized spacial score (nSPS) is 46.0. The molecule has 2 atom stereocenters. The predicted octanol–water partition coefficient (Wildman–Crippen LogP) is 2.58. The van der Waals surface area contributed by atoms with Gasteiger partial charge in [0.15, 0.2) is 0 Å². The van der Waals surface area contributed by atoms with E-state index in [-0.39, 0.29) is 5.60 Å². The quantitative estimate of drug-likeness (QED) is 0.638. The maximum absolute atomic E-state index is 10.2. The van der Waals surface area contributed by atoms with E-state index in [1.165, 1.54) is 19.3 Å². The highest BCUT2D eigenvalue weighted by Gasteiger charge is 2.65. The zero-order chi connectivity index (χ0) is 8.98.